The number of hydrogen-bond donors (Lipinski definition) is 1. The van der Waals surface area contributed by atoms with Gasteiger partial charge in [0.15, 0.2) is 5.69 Å². The number of piperazine rings is 1. The van der Waals surface area contributed by atoms with Gasteiger partial charge in [0, 0.05) is 45.7 Å². The molecule has 2 aromatic heterocycles. The smallest absolute Gasteiger partial charge is 0.417 e. The summed E-state index contributed by atoms with van der Waals surface area (Å²) in [7, 11) is 0. The monoisotopic (exact) mass is 664 g/mol. The number of carbonyl (C=O) groups excluding carboxylic acids is 2. The average molecular weight is 665 g/mol. The quantitative estimate of drug-likeness (QED) is 0.203. The molecule has 2 saturated heterocycles. The lowest BCUT2D eigenvalue weighted by molar-refractivity contribution is -0.141. The number of hydrogen-bond acceptors (Lipinski definition) is 7. The molecule has 9 nitrogen and oxygen atoms in total. The standard InChI is InChI=1S/C35H36F4N6O3/c36-28-11-5-4-9-26(28)10-6-12-30(46)44-21-19-43(20-22-44)29-14-13-27(23-40-29)41-33(47)31-32(35(37,38)39)42-34(48-31)45-17-15-25(16-18-45)24-7-2-1-3-8-24/h1-5,7-9,11,13-14,23,25H,6,10,12,15-22H2,(H,41,47). The Bertz CT molecular complexity index is 1700. The molecule has 4 heterocycles. The summed E-state index contributed by atoms with van der Waals surface area (Å²) in [5.41, 5.74) is 0.607. The number of pyridine rings is 1. The van der Waals surface area contributed by atoms with E-state index in [9.17, 15) is 27.2 Å². The van der Waals surface area contributed by atoms with Gasteiger partial charge in [-0.25, -0.2) is 9.37 Å². The summed E-state index contributed by atoms with van der Waals surface area (Å²) in [4.78, 5) is 39.2. The van der Waals surface area contributed by atoms with Crippen molar-refractivity contribution in [1.82, 2.24) is 14.9 Å². The fourth-order valence-electron chi connectivity index (χ4n) is 6.23. The normalized spacial score (nSPS) is 15.9. The topological polar surface area (TPSA) is 94.8 Å². The summed E-state index contributed by atoms with van der Waals surface area (Å²) in [6.07, 6.45) is -0.702. The molecule has 13 heteroatoms. The van der Waals surface area contributed by atoms with Crippen LogP contribution in [-0.2, 0) is 17.4 Å². The van der Waals surface area contributed by atoms with Crippen molar-refractivity contribution in [2.75, 3.05) is 54.4 Å². The highest BCUT2D eigenvalue weighted by molar-refractivity contribution is 6.03. The van der Waals surface area contributed by atoms with Gasteiger partial charge in [0.05, 0.1) is 11.9 Å². The molecule has 0 radical (unpaired) electrons. The van der Waals surface area contributed by atoms with Gasteiger partial charge < -0.3 is 24.4 Å². The first-order chi connectivity index (χ1) is 23.2. The van der Waals surface area contributed by atoms with Crippen LogP contribution in [0.2, 0.25) is 0 Å². The highest BCUT2D eigenvalue weighted by Crippen LogP contribution is 2.36. The molecule has 1 N–H and O–H groups in total. The van der Waals surface area contributed by atoms with Crippen molar-refractivity contribution in [1.29, 1.82) is 0 Å². The molecular formula is C35H36F4N6O3. The second kappa shape index (κ2) is 14.4. The van der Waals surface area contributed by atoms with Crippen molar-refractivity contribution in [2.45, 2.75) is 44.2 Å². The summed E-state index contributed by atoms with van der Waals surface area (Å²) >= 11 is 0. The summed E-state index contributed by atoms with van der Waals surface area (Å²) in [5, 5.41) is 2.45. The van der Waals surface area contributed by atoms with Gasteiger partial charge in [-0.2, -0.15) is 18.2 Å². The lowest BCUT2D eigenvalue weighted by Gasteiger charge is -2.35. The van der Waals surface area contributed by atoms with Gasteiger partial charge in [0.1, 0.15) is 11.6 Å². The maximum absolute atomic E-state index is 13.9. The Labute approximate surface area is 275 Å². The lowest BCUT2D eigenvalue weighted by atomic mass is 9.90. The van der Waals surface area contributed by atoms with Crippen LogP contribution in [0.4, 0.5) is 35.1 Å². The summed E-state index contributed by atoms with van der Waals surface area (Å²) in [6, 6.07) is 19.5. The van der Waals surface area contributed by atoms with E-state index in [2.05, 4.69) is 15.3 Å². The third-order valence-electron chi connectivity index (χ3n) is 8.88. The number of oxazole rings is 1. The van der Waals surface area contributed by atoms with E-state index in [4.69, 9.17) is 4.42 Å². The predicted molar refractivity (Wildman–Crippen MR) is 172 cm³/mol. The summed E-state index contributed by atoms with van der Waals surface area (Å²) in [6.45, 7) is 2.96. The number of piperidine rings is 1. The van der Waals surface area contributed by atoms with E-state index in [0.717, 1.165) is 12.8 Å². The summed E-state index contributed by atoms with van der Waals surface area (Å²) < 4.78 is 61.0. The van der Waals surface area contributed by atoms with E-state index in [0.29, 0.717) is 69.9 Å². The largest absolute Gasteiger partial charge is 0.437 e. The molecule has 2 aromatic carbocycles. The van der Waals surface area contributed by atoms with Crippen molar-refractivity contribution >= 4 is 29.3 Å². The van der Waals surface area contributed by atoms with E-state index in [-0.39, 0.29) is 29.3 Å². The number of alkyl halides is 3. The Morgan fingerprint density at radius 2 is 1.58 bits per heavy atom. The fraction of sp³-hybridized carbons (Fsp3) is 0.371. The van der Waals surface area contributed by atoms with Crippen LogP contribution in [0.25, 0.3) is 0 Å². The molecule has 0 atom stereocenters. The number of halogens is 4. The van der Waals surface area contributed by atoms with Crippen LogP contribution in [0.1, 0.15) is 59.0 Å². The van der Waals surface area contributed by atoms with Crippen molar-refractivity contribution in [3.63, 3.8) is 0 Å². The van der Waals surface area contributed by atoms with Gasteiger partial charge >= 0.3 is 6.18 Å². The molecule has 0 unspecified atom stereocenters. The molecule has 2 aliphatic heterocycles. The Balaban J connectivity index is 1.01. The molecule has 6 rings (SSSR count). The molecule has 2 fully saturated rings. The Kier molecular flexibility index (Phi) is 9.93. The zero-order valence-electron chi connectivity index (χ0n) is 26.3. The van der Waals surface area contributed by atoms with Crippen LogP contribution in [0.3, 0.4) is 0 Å². The molecular weight excluding hydrogens is 628 g/mol. The van der Waals surface area contributed by atoms with Crippen LogP contribution in [0.15, 0.2) is 77.3 Å². The van der Waals surface area contributed by atoms with Crippen LogP contribution < -0.4 is 15.1 Å². The molecule has 2 amide bonds. The molecule has 48 heavy (non-hydrogen) atoms. The molecule has 0 bridgehead atoms. The maximum Gasteiger partial charge on any atom is 0.437 e. The number of nitrogens with zero attached hydrogens (tertiary/aromatic N) is 5. The first kappa shape index (κ1) is 33.0. The Hall–Kier alpha value is -4.94. The van der Waals surface area contributed by atoms with Gasteiger partial charge in [-0.3, -0.25) is 9.59 Å². The van der Waals surface area contributed by atoms with E-state index in [1.54, 1.807) is 40.1 Å². The molecule has 2 aliphatic rings. The second-order valence-electron chi connectivity index (χ2n) is 12.0. The van der Waals surface area contributed by atoms with Crippen LogP contribution in [-0.4, -0.2) is 66.0 Å². The third kappa shape index (κ3) is 7.77. The van der Waals surface area contributed by atoms with E-state index < -0.39 is 23.5 Å². The Morgan fingerprint density at radius 1 is 0.875 bits per heavy atom. The predicted octanol–water partition coefficient (Wildman–Crippen LogP) is 6.54. The first-order valence-electron chi connectivity index (χ1n) is 16.1. The van der Waals surface area contributed by atoms with Gasteiger partial charge in [-0.1, -0.05) is 48.5 Å². The van der Waals surface area contributed by atoms with Crippen molar-refractivity contribution in [3.05, 3.63) is 101 Å². The number of rotatable bonds is 9. The molecule has 0 spiro atoms. The zero-order chi connectivity index (χ0) is 33.7. The first-order valence-corrected chi connectivity index (χ1v) is 16.1. The number of benzene rings is 2. The number of nitrogens with one attached hydrogen (secondary N) is 1. The summed E-state index contributed by atoms with van der Waals surface area (Å²) in [5.74, 6) is -1.33. The number of aryl methyl sites for hydroxylation is 1. The van der Waals surface area contributed by atoms with Crippen LogP contribution >= 0.6 is 0 Å². The van der Waals surface area contributed by atoms with Crippen LogP contribution in [0, 0.1) is 5.82 Å². The average Bonchev–Trinajstić information content (AvgIpc) is 3.57. The second-order valence-corrected chi connectivity index (χ2v) is 12.0. The van der Waals surface area contributed by atoms with Crippen molar-refractivity contribution < 1.29 is 31.6 Å². The molecule has 0 saturated carbocycles. The molecule has 252 valence electrons. The van der Waals surface area contributed by atoms with E-state index >= 15 is 0 Å². The SMILES string of the molecule is O=C(Nc1ccc(N2CCN(C(=O)CCCc3ccccc3F)CC2)nc1)c1oc(N2CCC(c3ccccc3)CC2)nc1C(F)(F)F. The van der Waals surface area contributed by atoms with Crippen molar-refractivity contribution in [2.24, 2.45) is 0 Å². The highest BCUT2D eigenvalue weighted by Gasteiger charge is 2.42. The zero-order valence-corrected chi connectivity index (χ0v) is 26.3. The van der Waals surface area contributed by atoms with Gasteiger partial charge in [0.2, 0.25) is 11.7 Å². The maximum atomic E-state index is 13.9. The molecule has 4 aromatic rings. The minimum Gasteiger partial charge on any atom is -0.417 e. The number of aromatic nitrogens is 2. The van der Waals surface area contributed by atoms with Gasteiger partial charge in [-0.05, 0) is 60.9 Å². The molecule has 0 aliphatic carbocycles. The van der Waals surface area contributed by atoms with Gasteiger partial charge in [0.25, 0.3) is 11.9 Å². The minimum atomic E-state index is -4.89. The number of amides is 2. The third-order valence-corrected chi connectivity index (χ3v) is 8.88. The minimum absolute atomic E-state index is 0.0162. The Morgan fingerprint density at radius 3 is 2.25 bits per heavy atom. The van der Waals surface area contributed by atoms with E-state index in [1.165, 1.54) is 17.8 Å². The highest BCUT2D eigenvalue weighted by atomic mass is 19.4. The van der Waals surface area contributed by atoms with Crippen LogP contribution in [0.5, 0.6) is 0 Å². The lowest BCUT2D eigenvalue weighted by Crippen LogP contribution is -2.49. The van der Waals surface area contributed by atoms with Crippen molar-refractivity contribution in [3.8, 4) is 0 Å². The van der Waals surface area contributed by atoms with Gasteiger partial charge in [-0.15, -0.1) is 0 Å². The van der Waals surface area contributed by atoms with E-state index in [1.807, 2.05) is 35.2 Å². The number of anilines is 3. The number of carbonyl (C=O) groups is 2. The fourth-order valence-corrected chi connectivity index (χ4v) is 6.23.